The molecule has 0 radical (unpaired) electrons. The van der Waals surface area contributed by atoms with Crippen molar-refractivity contribution in [1.29, 1.82) is 0 Å². The van der Waals surface area contributed by atoms with E-state index in [0.29, 0.717) is 36.1 Å². The second kappa shape index (κ2) is 48.7. The van der Waals surface area contributed by atoms with E-state index in [-0.39, 0.29) is 140 Å². The zero-order chi connectivity index (χ0) is 78.8. The SMILES string of the molecule is CSCC[C@H](NC(=O)[C@H](CC(C)C)NC(=O)CNC(=O)[C@H](Cc1ccc(O)cc1)NC(=O)[C@H](Cc1ccccc1)NC(=O)[C@H](CCCN=C(N)N)NC(=O)[C@H](CC(=O)O)NC(=O)[C@H](CCCCN)NC(=O)[C@H](CC(=O)O)NC(=O)[C@H](CCCCN)NC(=O)[C@H](CCCCN)NC(=O)[C@@H]1CCC(=O)N1)C(N)=O. The summed E-state index contributed by atoms with van der Waals surface area (Å²) in [6.07, 6.45) is 0.696. The maximum atomic E-state index is 14.8. The van der Waals surface area contributed by atoms with Gasteiger partial charge in [-0.3, -0.25) is 76.9 Å². The number of thioether (sulfide) groups is 1. The van der Waals surface area contributed by atoms with Gasteiger partial charge in [0.2, 0.25) is 76.8 Å². The number of carbonyl (C=O) groups is 15. The molecule has 588 valence electrons. The lowest BCUT2D eigenvalue weighted by atomic mass is 10.0. The van der Waals surface area contributed by atoms with E-state index in [1.807, 2.05) is 6.26 Å². The highest BCUT2D eigenvalue weighted by Crippen LogP contribution is 2.16. The Bertz CT molecular complexity index is 3300. The van der Waals surface area contributed by atoms with Crippen LogP contribution in [0.4, 0.5) is 0 Å². The summed E-state index contributed by atoms with van der Waals surface area (Å²) >= 11 is 1.43. The average Bonchev–Trinajstić information content (AvgIpc) is 1.06. The summed E-state index contributed by atoms with van der Waals surface area (Å²) in [6, 6.07) is -2.58. The minimum Gasteiger partial charge on any atom is -0.508 e. The quantitative estimate of drug-likeness (QED) is 0.0168. The van der Waals surface area contributed by atoms with Gasteiger partial charge in [0, 0.05) is 25.8 Å². The highest BCUT2D eigenvalue weighted by Gasteiger charge is 2.38. The predicted octanol–water partition coefficient (Wildman–Crippen LogP) is -4.91. The van der Waals surface area contributed by atoms with Crippen LogP contribution in [-0.2, 0) is 84.8 Å². The van der Waals surface area contributed by atoms with Gasteiger partial charge in [-0.25, -0.2) is 0 Å². The molecule has 0 unspecified atom stereocenters. The fraction of sp³-hybridized carbons (Fsp3) is 0.588. The van der Waals surface area contributed by atoms with Crippen molar-refractivity contribution < 1.29 is 87.2 Å². The van der Waals surface area contributed by atoms with Crippen LogP contribution in [0.1, 0.15) is 134 Å². The van der Waals surface area contributed by atoms with Gasteiger partial charge in [0.15, 0.2) is 5.96 Å². The molecule has 106 heavy (non-hydrogen) atoms. The summed E-state index contributed by atoms with van der Waals surface area (Å²) < 4.78 is 0. The highest BCUT2D eigenvalue weighted by atomic mass is 32.2. The summed E-state index contributed by atoms with van der Waals surface area (Å²) in [5.74, 6) is -15.3. The summed E-state index contributed by atoms with van der Waals surface area (Å²) in [6.45, 7) is 3.24. The molecule has 3 rings (SSSR count). The molecule has 0 saturated carbocycles. The fourth-order valence-corrected chi connectivity index (χ4v) is 11.5. The number of benzene rings is 2. The highest BCUT2D eigenvalue weighted by molar-refractivity contribution is 7.98. The maximum Gasteiger partial charge on any atom is 0.305 e. The molecule has 37 nitrogen and oxygen atoms in total. The Balaban J connectivity index is 2.00. The molecule has 0 aliphatic carbocycles. The molecule has 1 saturated heterocycles. The minimum atomic E-state index is -2.05. The zero-order valence-electron chi connectivity index (χ0n) is 60.1. The molecule has 1 fully saturated rings. The molecular weight excluding hydrogens is 1400 g/mol. The van der Waals surface area contributed by atoms with Gasteiger partial charge in [0.05, 0.1) is 19.4 Å². The number of carbonyl (C=O) groups excluding carboxylic acids is 13. The van der Waals surface area contributed by atoms with Gasteiger partial charge in [0.1, 0.15) is 72.2 Å². The van der Waals surface area contributed by atoms with Crippen LogP contribution in [0.25, 0.3) is 0 Å². The van der Waals surface area contributed by atoms with Crippen LogP contribution in [-0.4, -0.2) is 221 Å². The summed E-state index contributed by atoms with van der Waals surface area (Å²) in [5, 5.41) is 60.4. The first-order chi connectivity index (χ1) is 50.4. The monoisotopic (exact) mass is 1510 g/mol. The number of amides is 13. The van der Waals surface area contributed by atoms with E-state index in [4.69, 9.17) is 34.4 Å². The summed E-state index contributed by atoms with van der Waals surface area (Å²) in [4.78, 5) is 208. The number of hydrogen-bond acceptors (Lipinski definition) is 21. The molecule has 0 bridgehead atoms. The number of carboxylic acid groups (broad SMARTS) is 2. The molecule has 13 amide bonds. The van der Waals surface area contributed by atoms with Gasteiger partial charge < -0.3 is 114 Å². The number of nitrogens with one attached hydrogen (secondary N) is 12. The largest absolute Gasteiger partial charge is 0.508 e. The lowest BCUT2D eigenvalue weighted by Gasteiger charge is -2.28. The number of aliphatic imine (C=N–C) groups is 1. The molecule has 1 aliphatic rings. The van der Waals surface area contributed by atoms with Crippen LogP contribution >= 0.6 is 11.8 Å². The number of phenolic OH excluding ortho intramolecular Hbond substituents is 1. The van der Waals surface area contributed by atoms with Gasteiger partial charge in [-0.2, -0.15) is 11.8 Å². The van der Waals surface area contributed by atoms with E-state index < -0.39 is 169 Å². The number of aromatic hydroxyl groups is 1. The Hall–Kier alpha value is -10.2. The molecule has 1 aliphatic heterocycles. The Morgan fingerprint density at radius 3 is 1.33 bits per heavy atom. The first kappa shape index (κ1) is 90.0. The van der Waals surface area contributed by atoms with Crippen molar-refractivity contribution in [2.75, 3.05) is 44.7 Å². The van der Waals surface area contributed by atoms with Crippen molar-refractivity contribution in [3.05, 3.63) is 65.7 Å². The number of primary amides is 1. The normalized spacial score (nSPS) is 15.2. The number of aliphatic carboxylic acids is 2. The van der Waals surface area contributed by atoms with E-state index in [9.17, 15) is 87.2 Å². The lowest BCUT2D eigenvalue weighted by Crippen LogP contribution is -2.61. The first-order valence-electron chi connectivity index (χ1n) is 35.2. The van der Waals surface area contributed by atoms with Gasteiger partial charge in [-0.15, -0.1) is 0 Å². The van der Waals surface area contributed by atoms with Crippen LogP contribution < -0.4 is 98.2 Å². The van der Waals surface area contributed by atoms with E-state index in [1.54, 1.807) is 44.2 Å². The third-order valence-electron chi connectivity index (χ3n) is 16.6. The number of carboxylic acids is 2. The van der Waals surface area contributed by atoms with Gasteiger partial charge in [-0.05, 0) is 151 Å². The number of phenols is 1. The third kappa shape index (κ3) is 35.0. The second-order valence-corrected chi connectivity index (χ2v) is 26.9. The fourth-order valence-electron chi connectivity index (χ4n) is 11.0. The van der Waals surface area contributed by atoms with Crippen LogP contribution in [0.5, 0.6) is 5.75 Å². The van der Waals surface area contributed by atoms with Gasteiger partial charge >= 0.3 is 11.9 Å². The van der Waals surface area contributed by atoms with E-state index in [1.165, 1.54) is 36.0 Å². The van der Waals surface area contributed by atoms with Gasteiger partial charge in [0.25, 0.3) is 0 Å². The van der Waals surface area contributed by atoms with Crippen molar-refractivity contribution in [3.63, 3.8) is 0 Å². The Morgan fingerprint density at radius 1 is 0.500 bits per heavy atom. The number of nitrogens with zero attached hydrogens (tertiary/aromatic N) is 1. The van der Waals surface area contributed by atoms with Gasteiger partial charge in [-0.1, -0.05) is 56.3 Å². The molecule has 0 spiro atoms. The molecule has 27 N–H and O–H groups in total. The van der Waals surface area contributed by atoms with E-state index >= 15 is 0 Å². The minimum absolute atomic E-state index is 0.0559. The topological polar surface area (TPSA) is 630 Å². The number of nitrogens with two attached hydrogens (primary N) is 6. The number of unbranched alkanes of at least 4 members (excludes halogenated alkanes) is 3. The maximum absolute atomic E-state index is 14.8. The van der Waals surface area contributed by atoms with Crippen LogP contribution in [0.15, 0.2) is 59.6 Å². The molecule has 2 aromatic carbocycles. The standard InChI is InChI=1S/C68H107N19O18S/c1-38(2)32-48(64(102)79-42(57(72)95)26-31-106-3)78-54(90)37-76-58(96)49(34-40-20-22-41(88)23-21-40)84-65(103)50(33-39-14-5-4-6-15-39)85-62(100)46(19-13-30-75-68(73)74)83-67(105)52(36-56(93)94)87-61(99)45(18-9-12-29-71)82-66(104)51(35-55(91)92)86-60(98)44(17-8-11-28-70)80-59(97)43(16-7-10-27-69)81-63(101)47-24-25-53(89)77-47/h4-6,14-15,20-23,38,42-52,88H,7-13,16-19,24-37,69-71H2,1-3H3,(H2,72,95)(H,76,96)(H,77,89)(H,78,90)(H,79,102)(H,80,97)(H,81,101)(H,82,104)(H,83,105)(H,84,103)(H,85,100)(H,86,98)(H,87,99)(H,91,92)(H,93,94)(H4,73,74,75)/t42-,43-,44-,45-,46-,47-,48-,49-,50-,51-,52-/m0/s1. The first-order valence-corrected chi connectivity index (χ1v) is 36.6. The number of guanidine groups is 1. The molecule has 0 aromatic heterocycles. The Labute approximate surface area is 618 Å². The van der Waals surface area contributed by atoms with Crippen LogP contribution in [0.3, 0.4) is 0 Å². The van der Waals surface area contributed by atoms with Crippen molar-refractivity contribution in [1.82, 2.24) is 63.8 Å². The van der Waals surface area contributed by atoms with Crippen molar-refractivity contribution in [3.8, 4) is 5.75 Å². The number of hydrogen-bond donors (Lipinski definition) is 21. The van der Waals surface area contributed by atoms with E-state index in [2.05, 4.69) is 68.8 Å². The third-order valence-corrected chi connectivity index (χ3v) is 17.3. The molecular formula is C68H107N19O18S. The lowest BCUT2D eigenvalue weighted by molar-refractivity contribution is -0.142. The number of rotatable bonds is 52. The molecule has 38 heteroatoms. The molecule has 2 aromatic rings. The molecule has 11 atom stereocenters. The molecule has 1 heterocycles. The van der Waals surface area contributed by atoms with Crippen LogP contribution in [0, 0.1) is 5.92 Å². The van der Waals surface area contributed by atoms with Crippen molar-refractivity contribution in [2.24, 2.45) is 45.3 Å². The van der Waals surface area contributed by atoms with Crippen molar-refractivity contribution in [2.45, 2.75) is 202 Å². The summed E-state index contributed by atoms with van der Waals surface area (Å²) in [5.41, 5.74) is 34.8. The predicted molar refractivity (Wildman–Crippen MR) is 390 cm³/mol. The Kier molecular flexibility index (Phi) is 41.4. The van der Waals surface area contributed by atoms with Crippen molar-refractivity contribution >= 4 is 106 Å². The van der Waals surface area contributed by atoms with Crippen LogP contribution in [0.2, 0.25) is 0 Å². The smallest absolute Gasteiger partial charge is 0.305 e. The Morgan fingerprint density at radius 2 is 0.906 bits per heavy atom. The zero-order valence-corrected chi connectivity index (χ0v) is 60.9. The van der Waals surface area contributed by atoms with E-state index in [0.717, 1.165) is 0 Å². The average molecular weight is 1510 g/mol. The second-order valence-electron chi connectivity index (χ2n) is 25.9. The summed E-state index contributed by atoms with van der Waals surface area (Å²) in [7, 11) is 0.